The van der Waals surface area contributed by atoms with E-state index in [0.717, 1.165) is 51.4 Å². The van der Waals surface area contributed by atoms with E-state index in [1.165, 1.54) is 122 Å². The Kier molecular flexibility index (Phi) is 33.2. The van der Waals surface area contributed by atoms with Crippen molar-refractivity contribution in [2.24, 2.45) is 0 Å². The van der Waals surface area contributed by atoms with Gasteiger partial charge in [-0.1, -0.05) is 194 Å². The molecule has 1 saturated carbocycles. The second-order valence-corrected chi connectivity index (χ2v) is 18.6. The molecule has 14 heteroatoms. The van der Waals surface area contributed by atoms with Gasteiger partial charge in [-0.25, -0.2) is 4.57 Å². The van der Waals surface area contributed by atoms with Gasteiger partial charge in [0.1, 0.15) is 36.6 Å². The van der Waals surface area contributed by atoms with Crippen LogP contribution in [0.25, 0.3) is 0 Å². The Labute approximate surface area is 351 Å². The Bertz CT molecular complexity index is 1010. The average Bonchev–Trinajstić information content (AvgIpc) is 3.19. The lowest BCUT2D eigenvalue weighted by atomic mass is 9.85. The van der Waals surface area contributed by atoms with Crippen LogP contribution in [0.4, 0.5) is 0 Å². The third kappa shape index (κ3) is 26.6. The summed E-state index contributed by atoms with van der Waals surface area (Å²) in [5, 5.41) is 74.6. The van der Waals surface area contributed by atoms with E-state index in [9.17, 15) is 50.0 Å². The van der Waals surface area contributed by atoms with E-state index < -0.39 is 75.2 Å². The zero-order chi connectivity index (χ0) is 43.0. The number of carbonyl (C=O) groups is 1. The molecule has 0 radical (unpaired) electrons. The first-order valence-corrected chi connectivity index (χ1v) is 25.1. The molecule has 0 bridgehead atoms. The van der Waals surface area contributed by atoms with Crippen LogP contribution in [0.2, 0.25) is 0 Å². The standard InChI is InChI=1S/C44H88NO12P/c1-3-5-7-9-11-13-15-17-18-20-22-24-26-28-30-32-37(47)36(34-56-58(54,55)57-44-42(52)40(50)39(49)41(51)43(44)53)45-38(48)33-35(46)31-29-27-25-23-21-19-16-14-12-10-8-6-4-2/h35-37,39-44,46-47,49-53H,3-34H2,1-2H3,(H,45,48)(H,54,55). The van der Waals surface area contributed by atoms with Gasteiger partial charge in [0.05, 0.1) is 31.3 Å². The van der Waals surface area contributed by atoms with E-state index >= 15 is 0 Å². The summed E-state index contributed by atoms with van der Waals surface area (Å²) in [6.07, 6.45) is 20.0. The van der Waals surface area contributed by atoms with E-state index in [0.29, 0.717) is 12.8 Å². The lowest BCUT2D eigenvalue weighted by Gasteiger charge is -2.41. The Morgan fingerprint density at radius 2 is 0.862 bits per heavy atom. The van der Waals surface area contributed by atoms with Crippen molar-refractivity contribution in [3.05, 3.63) is 0 Å². The minimum atomic E-state index is -5.11. The molecule has 0 spiro atoms. The number of aliphatic hydroxyl groups excluding tert-OH is 7. The Morgan fingerprint density at radius 1 is 0.534 bits per heavy atom. The van der Waals surface area contributed by atoms with Crippen LogP contribution in [0.3, 0.4) is 0 Å². The van der Waals surface area contributed by atoms with Gasteiger partial charge >= 0.3 is 7.82 Å². The maximum atomic E-state index is 13.0. The van der Waals surface area contributed by atoms with Crippen molar-refractivity contribution in [1.29, 1.82) is 0 Å². The van der Waals surface area contributed by atoms with Gasteiger partial charge in [-0.3, -0.25) is 13.8 Å². The zero-order valence-electron chi connectivity index (χ0n) is 36.5. The predicted octanol–water partition coefficient (Wildman–Crippen LogP) is 7.65. The average molecular weight is 854 g/mol. The summed E-state index contributed by atoms with van der Waals surface area (Å²) in [4.78, 5) is 23.4. The lowest BCUT2D eigenvalue weighted by molar-refractivity contribution is -0.220. The predicted molar refractivity (Wildman–Crippen MR) is 229 cm³/mol. The monoisotopic (exact) mass is 854 g/mol. The highest BCUT2D eigenvalue weighted by atomic mass is 31.2. The molecule has 0 saturated heterocycles. The number of phosphoric acid groups is 1. The summed E-state index contributed by atoms with van der Waals surface area (Å²) < 4.78 is 22.9. The van der Waals surface area contributed by atoms with Crippen LogP contribution >= 0.6 is 7.82 Å². The molecule has 0 heterocycles. The first-order valence-electron chi connectivity index (χ1n) is 23.6. The number of rotatable bonds is 39. The topological polar surface area (TPSA) is 226 Å². The molecule has 1 aliphatic carbocycles. The Morgan fingerprint density at radius 3 is 1.24 bits per heavy atom. The van der Waals surface area contributed by atoms with E-state index in [1.807, 2.05) is 0 Å². The normalized spacial score (nSPS) is 23.7. The number of phosphoric ester groups is 1. The van der Waals surface area contributed by atoms with Crippen molar-refractivity contribution in [3.63, 3.8) is 0 Å². The quantitative estimate of drug-likeness (QED) is 0.0215. The minimum absolute atomic E-state index is 0.216. The third-order valence-corrected chi connectivity index (χ3v) is 12.7. The second-order valence-electron chi connectivity index (χ2n) is 17.2. The molecule has 1 amide bonds. The first-order chi connectivity index (χ1) is 27.8. The van der Waals surface area contributed by atoms with Crippen LogP contribution in [-0.4, -0.2) is 108 Å². The molecule has 346 valence electrons. The molecule has 9 N–H and O–H groups in total. The highest BCUT2D eigenvalue weighted by molar-refractivity contribution is 7.47. The Balaban J connectivity index is 2.52. The Hall–Kier alpha value is -0.700. The van der Waals surface area contributed by atoms with Crippen LogP contribution in [0.1, 0.15) is 213 Å². The van der Waals surface area contributed by atoms with Gasteiger partial charge in [0.15, 0.2) is 0 Å². The molecule has 0 aromatic carbocycles. The van der Waals surface area contributed by atoms with Gasteiger partial charge < -0.3 is 46.0 Å². The van der Waals surface area contributed by atoms with Crippen molar-refractivity contribution in [3.8, 4) is 0 Å². The van der Waals surface area contributed by atoms with E-state index in [1.54, 1.807) is 0 Å². The van der Waals surface area contributed by atoms with Gasteiger partial charge in [0.2, 0.25) is 5.91 Å². The summed E-state index contributed by atoms with van der Waals surface area (Å²) in [5.74, 6) is -0.557. The second kappa shape index (κ2) is 34.8. The summed E-state index contributed by atoms with van der Waals surface area (Å²) in [6, 6.07) is -1.15. The molecule has 8 unspecified atom stereocenters. The van der Waals surface area contributed by atoms with E-state index in [-0.39, 0.29) is 12.8 Å². The molecule has 13 nitrogen and oxygen atoms in total. The molecule has 0 aliphatic heterocycles. The molecule has 0 aromatic rings. The van der Waals surface area contributed by atoms with Crippen LogP contribution in [0.15, 0.2) is 0 Å². The van der Waals surface area contributed by atoms with Gasteiger partial charge in [0, 0.05) is 0 Å². The van der Waals surface area contributed by atoms with Crippen molar-refractivity contribution >= 4 is 13.7 Å². The van der Waals surface area contributed by atoms with Crippen molar-refractivity contribution in [2.45, 2.75) is 268 Å². The van der Waals surface area contributed by atoms with Crippen molar-refractivity contribution in [2.75, 3.05) is 6.61 Å². The highest BCUT2D eigenvalue weighted by Gasteiger charge is 2.51. The van der Waals surface area contributed by atoms with Crippen molar-refractivity contribution < 1.29 is 59.0 Å². The fraction of sp³-hybridized carbons (Fsp3) is 0.977. The van der Waals surface area contributed by atoms with Crippen LogP contribution in [0, 0.1) is 0 Å². The maximum absolute atomic E-state index is 13.0. The fourth-order valence-electron chi connectivity index (χ4n) is 7.83. The highest BCUT2D eigenvalue weighted by Crippen LogP contribution is 2.47. The summed E-state index contributed by atoms with van der Waals surface area (Å²) in [6.45, 7) is 3.79. The molecule has 0 aromatic heterocycles. The summed E-state index contributed by atoms with van der Waals surface area (Å²) in [7, 11) is -5.11. The molecule has 1 aliphatic rings. The first kappa shape index (κ1) is 55.3. The van der Waals surface area contributed by atoms with Crippen LogP contribution < -0.4 is 5.32 Å². The number of carbonyl (C=O) groups excluding carboxylic acids is 1. The number of nitrogens with one attached hydrogen (secondary N) is 1. The third-order valence-electron chi connectivity index (χ3n) is 11.7. The van der Waals surface area contributed by atoms with Crippen LogP contribution in [0.5, 0.6) is 0 Å². The van der Waals surface area contributed by atoms with E-state index in [4.69, 9.17) is 9.05 Å². The largest absolute Gasteiger partial charge is 0.472 e. The lowest BCUT2D eigenvalue weighted by Crippen LogP contribution is -2.64. The molecular weight excluding hydrogens is 765 g/mol. The SMILES string of the molecule is CCCCCCCCCCCCCCCCCC(O)C(COP(=O)(O)OC1C(O)C(O)C(O)C(O)C1O)NC(=O)CC(O)CCCCCCCCCCCCCCC. The number of hydrogen-bond acceptors (Lipinski definition) is 11. The minimum Gasteiger partial charge on any atom is -0.393 e. The number of unbranched alkanes of at least 4 members (excludes halogenated alkanes) is 26. The summed E-state index contributed by atoms with van der Waals surface area (Å²) >= 11 is 0. The van der Waals surface area contributed by atoms with Crippen molar-refractivity contribution in [1.82, 2.24) is 5.32 Å². The molecule has 8 atom stereocenters. The van der Waals surface area contributed by atoms with Gasteiger partial charge in [0.25, 0.3) is 0 Å². The smallest absolute Gasteiger partial charge is 0.393 e. The van der Waals surface area contributed by atoms with E-state index in [2.05, 4.69) is 19.2 Å². The zero-order valence-corrected chi connectivity index (χ0v) is 37.4. The number of aliphatic hydroxyl groups is 7. The fourth-order valence-corrected chi connectivity index (χ4v) is 8.80. The van der Waals surface area contributed by atoms with Gasteiger partial charge in [-0.2, -0.15) is 0 Å². The molecule has 58 heavy (non-hydrogen) atoms. The number of amides is 1. The number of hydrogen-bond donors (Lipinski definition) is 9. The molecular formula is C44H88NO12P. The molecule has 1 fully saturated rings. The van der Waals surface area contributed by atoms with Crippen LogP contribution in [-0.2, 0) is 18.4 Å². The maximum Gasteiger partial charge on any atom is 0.472 e. The van der Waals surface area contributed by atoms with Gasteiger partial charge in [-0.15, -0.1) is 0 Å². The molecule has 1 rings (SSSR count). The summed E-state index contributed by atoms with van der Waals surface area (Å²) in [5.41, 5.74) is 0. The van der Waals surface area contributed by atoms with Gasteiger partial charge in [-0.05, 0) is 12.8 Å².